The van der Waals surface area contributed by atoms with Crippen molar-refractivity contribution in [3.63, 3.8) is 0 Å². The molecule has 0 amide bonds. The molecule has 5 nitrogen and oxygen atoms in total. The van der Waals surface area contributed by atoms with E-state index in [-0.39, 0.29) is 52.2 Å². The van der Waals surface area contributed by atoms with Gasteiger partial charge in [0.05, 0.1) is 44.8 Å². The number of pyridine rings is 1. The Labute approximate surface area is 374 Å². The van der Waals surface area contributed by atoms with E-state index < -0.39 is 0 Å². The average Bonchev–Trinajstić information content (AvgIpc) is 3.80. The summed E-state index contributed by atoms with van der Waals surface area (Å²) in [4.78, 5) is 5.28. The molecule has 0 aliphatic rings. The maximum Gasteiger partial charge on any atom is 0.147 e. The summed E-state index contributed by atoms with van der Waals surface area (Å²) >= 11 is 0. The van der Waals surface area contributed by atoms with Gasteiger partial charge in [0, 0.05) is 69.6 Å². The van der Waals surface area contributed by atoms with Crippen LogP contribution in [0, 0.1) is 14.9 Å². The second-order valence-corrected chi connectivity index (χ2v) is 14.6. The van der Waals surface area contributed by atoms with Crippen LogP contribution in [-0.4, -0.2) is 24.3 Å². The Bertz CT molecular complexity index is 3070. The summed E-state index contributed by atoms with van der Waals surface area (Å²) in [6, 6.07) is 67.4. The molecule has 6 heteroatoms. The molecule has 3 heterocycles. The molecule has 0 bridgehead atoms. The zero-order chi connectivity index (χ0) is 38.7. The molecule has 0 saturated heterocycles. The van der Waals surface area contributed by atoms with E-state index in [0.717, 1.165) is 88.4 Å². The molecule has 0 fully saturated rings. The molecule has 8 aromatic carbocycles. The molecule has 0 unspecified atom stereocenters. The van der Waals surface area contributed by atoms with Crippen LogP contribution in [0.1, 0.15) is 0 Å². The summed E-state index contributed by atoms with van der Waals surface area (Å²) in [6.07, 6.45) is 0. The smallest absolute Gasteiger partial charge is 0.147 e. The van der Waals surface area contributed by atoms with E-state index in [1.165, 1.54) is 0 Å². The first-order valence-corrected chi connectivity index (χ1v) is 19.4. The monoisotopic (exact) mass is 955 g/mol. The number of aromatic nitrogens is 3. The third-order valence-electron chi connectivity index (χ3n) is 11.4. The minimum Gasteiger partial charge on any atom is -0.505 e. The Hall–Kier alpha value is -7.02. The van der Waals surface area contributed by atoms with Crippen molar-refractivity contribution in [2.45, 2.75) is 0 Å². The fourth-order valence-corrected chi connectivity index (χ4v) is 8.84. The molecule has 0 atom stereocenters. The number of hydrogen-bond acceptors (Lipinski definition) is 3. The topological polar surface area (TPSA) is 63.2 Å². The average molecular weight is 954 g/mol. The van der Waals surface area contributed by atoms with Crippen LogP contribution in [0.25, 0.3) is 99.8 Å². The van der Waals surface area contributed by atoms with E-state index in [1.54, 1.807) is 0 Å². The summed E-state index contributed by atoms with van der Waals surface area (Å²) in [5.74, 6) is 0.392. The number of fused-ring (bicyclic) bond motifs is 6. The number of rotatable bonds is 6. The van der Waals surface area contributed by atoms with Gasteiger partial charge in [0.25, 0.3) is 0 Å². The molecule has 11 rings (SSSR count). The van der Waals surface area contributed by atoms with Gasteiger partial charge in [-0.1, -0.05) is 152 Å². The van der Waals surface area contributed by atoms with Crippen molar-refractivity contribution in [2.75, 3.05) is 0 Å². The molecule has 3 aromatic heterocycles. The van der Waals surface area contributed by atoms with Gasteiger partial charge >= 0.3 is 0 Å². The van der Waals surface area contributed by atoms with Crippen molar-refractivity contribution in [3.8, 4) is 67.6 Å². The first-order valence-electron chi connectivity index (χ1n) is 19.4. The second-order valence-electron chi connectivity index (χ2n) is 14.6. The largest absolute Gasteiger partial charge is 0.505 e. The van der Waals surface area contributed by atoms with Gasteiger partial charge in [-0.3, -0.25) is 0 Å². The second kappa shape index (κ2) is 16.6. The van der Waals surface area contributed by atoms with Gasteiger partial charge in [0.15, 0.2) is 0 Å². The first kappa shape index (κ1) is 40.7. The van der Waals surface area contributed by atoms with Crippen molar-refractivity contribution < 1.29 is 36.1 Å². The standard InChI is InChI=1S/C53H35N3O2.2CH3.Hf/c57-52-42(24-13-32-50(52)55-46-28-9-5-20-38(46)39-21-6-10-29-47(39)55)34-16-1-3-18-36(34)44-26-15-27-45(54-44)37-19-4-2-17-35(37)43-25-14-33-51(53(43)58)56-48-30-11-7-22-40(48)41-23-8-12-31-49(41)56;;;/h1-33,57-58H;2*1H3;/q;2*-1;. The molecule has 11 aromatic rings. The van der Waals surface area contributed by atoms with E-state index in [1.807, 2.05) is 115 Å². The first-order chi connectivity index (χ1) is 28.7. The summed E-state index contributed by atoms with van der Waals surface area (Å²) in [5, 5.41) is 28.9. The van der Waals surface area contributed by atoms with Crippen molar-refractivity contribution >= 4 is 43.6 Å². The molecule has 294 valence electrons. The molecular formula is C55H41HfN3O2-2. The van der Waals surface area contributed by atoms with Gasteiger partial charge in [0.2, 0.25) is 0 Å². The summed E-state index contributed by atoms with van der Waals surface area (Å²) in [6.45, 7) is 0. The van der Waals surface area contributed by atoms with Gasteiger partial charge in [-0.2, -0.15) is 0 Å². The number of para-hydroxylation sites is 6. The summed E-state index contributed by atoms with van der Waals surface area (Å²) < 4.78 is 4.29. The maximum atomic E-state index is 12.2. The van der Waals surface area contributed by atoms with Crippen molar-refractivity contribution in [3.05, 3.63) is 215 Å². The number of aromatic hydroxyl groups is 2. The van der Waals surface area contributed by atoms with Crippen LogP contribution in [0.2, 0.25) is 0 Å². The van der Waals surface area contributed by atoms with E-state index in [2.05, 4.69) is 94.1 Å². The predicted molar refractivity (Wildman–Crippen MR) is 251 cm³/mol. The third kappa shape index (κ3) is 6.55. The minimum absolute atomic E-state index is 0. The molecular weight excluding hydrogens is 913 g/mol. The number of phenols is 2. The van der Waals surface area contributed by atoms with Crippen LogP contribution in [0.3, 0.4) is 0 Å². The van der Waals surface area contributed by atoms with E-state index in [0.29, 0.717) is 11.4 Å². The third-order valence-corrected chi connectivity index (χ3v) is 11.4. The molecule has 0 aliphatic carbocycles. The zero-order valence-corrected chi connectivity index (χ0v) is 37.4. The molecule has 2 N–H and O–H groups in total. The van der Waals surface area contributed by atoms with Crippen molar-refractivity contribution in [2.24, 2.45) is 0 Å². The van der Waals surface area contributed by atoms with Gasteiger partial charge in [-0.25, -0.2) is 4.98 Å². The number of hydrogen-bond donors (Lipinski definition) is 2. The van der Waals surface area contributed by atoms with E-state index in [4.69, 9.17) is 4.98 Å². The summed E-state index contributed by atoms with van der Waals surface area (Å²) in [7, 11) is 0. The van der Waals surface area contributed by atoms with Crippen LogP contribution in [0.4, 0.5) is 0 Å². The number of benzene rings is 8. The fraction of sp³-hybridized carbons (Fsp3) is 0. The van der Waals surface area contributed by atoms with Crippen LogP contribution in [0.5, 0.6) is 11.5 Å². The molecule has 61 heavy (non-hydrogen) atoms. The number of nitrogens with zero attached hydrogens (tertiary/aromatic N) is 3. The van der Waals surface area contributed by atoms with Crippen molar-refractivity contribution in [1.29, 1.82) is 0 Å². The van der Waals surface area contributed by atoms with Crippen LogP contribution in [-0.2, 0) is 25.8 Å². The van der Waals surface area contributed by atoms with Crippen LogP contribution >= 0.6 is 0 Å². The van der Waals surface area contributed by atoms with E-state index >= 15 is 0 Å². The Kier molecular flexibility index (Phi) is 11.1. The maximum absolute atomic E-state index is 12.2. The van der Waals surface area contributed by atoms with Crippen molar-refractivity contribution in [1.82, 2.24) is 14.1 Å². The fourth-order valence-electron chi connectivity index (χ4n) is 8.84. The van der Waals surface area contributed by atoms with Gasteiger partial charge in [-0.15, -0.1) is 0 Å². The van der Waals surface area contributed by atoms with Crippen LogP contribution in [0.15, 0.2) is 200 Å². The van der Waals surface area contributed by atoms with Crippen LogP contribution < -0.4 is 0 Å². The quantitative estimate of drug-likeness (QED) is 0.129. The van der Waals surface area contributed by atoms with Gasteiger partial charge in [0.1, 0.15) is 11.5 Å². The Morgan fingerprint density at radius 1 is 0.295 bits per heavy atom. The Balaban J connectivity index is 0.00000171. The number of phenolic OH excluding ortho intramolecular Hbond substituents is 2. The molecule has 0 saturated carbocycles. The minimum atomic E-state index is 0. The summed E-state index contributed by atoms with van der Waals surface area (Å²) in [5.41, 5.74) is 12.1. The molecule has 0 radical (unpaired) electrons. The molecule has 0 spiro atoms. The Morgan fingerprint density at radius 2 is 0.574 bits per heavy atom. The van der Waals surface area contributed by atoms with Gasteiger partial charge in [-0.05, 0) is 59.7 Å². The van der Waals surface area contributed by atoms with E-state index in [9.17, 15) is 10.2 Å². The van der Waals surface area contributed by atoms with Gasteiger partial charge < -0.3 is 34.2 Å². The predicted octanol–water partition coefficient (Wildman–Crippen LogP) is 14.3. The SMILES string of the molecule is Oc1c(-c2ccccc2-c2cccc(-c3ccccc3-c3cccc(-n4c5ccccc5c5ccccc54)c3O)n2)cccc1-n1c2ccccc2c2ccccc21.[CH3-].[CH3-].[Hf]. The normalized spacial score (nSPS) is 11.0. The molecule has 0 aliphatic heterocycles. The zero-order valence-electron chi connectivity index (χ0n) is 33.8. The Morgan fingerprint density at radius 3 is 0.934 bits per heavy atom.